The van der Waals surface area contributed by atoms with Crippen LogP contribution < -0.4 is 0 Å². The molecule has 1 aliphatic heterocycles. The van der Waals surface area contributed by atoms with Gasteiger partial charge in [0.05, 0.1) is 5.25 Å². The summed E-state index contributed by atoms with van der Waals surface area (Å²) in [4.78, 5) is 12.6. The smallest absolute Gasteiger partial charge is 0.212 e. The van der Waals surface area contributed by atoms with Gasteiger partial charge in [0.25, 0.3) is 0 Å². The van der Waals surface area contributed by atoms with Crippen molar-refractivity contribution in [2.24, 2.45) is 0 Å². The van der Waals surface area contributed by atoms with Gasteiger partial charge in [-0.15, -0.1) is 11.8 Å². The van der Waals surface area contributed by atoms with Crippen LogP contribution in [0.25, 0.3) is 11.0 Å². The Bertz CT molecular complexity index is 638. The zero-order chi connectivity index (χ0) is 14.1. The lowest BCUT2D eigenvalue weighted by Gasteiger charge is -2.27. The maximum absolute atomic E-state index is 13.2. The molecule has 1 aromatic heterocycles. The van der Waals surface area contributed by atoms with Gasteiger partial charge in [0.2, 0.25) is 5.78 Å². The van der Waals surface area contributed by atoms with Crippen molar-refractivity contribution < 1.29 is 13.6 Å². The van der Waals surface area contributed by atoms with E-state index in [0.717, 1.165) is 17.9 Å². The van der Waals surface area contributed by atoms with Crippen molar-refractivity contribution in [3.05, 3.63) is 35.8 Å². The van der Waals surface area contributed by atoms with Gasteiger partial charge in [-0.25, -0.2) is 4.39 Å². The second-order valence-electron chi connectivity index (χ2n) is 4.77. The van der Waals surface area contributed by atoms with Crippen LogP contribution in [0.2, 0.25) is 0 Å². The number of thioether (sulfide) groups is 2. The third-order valence-corrected chi connectivity index (χ3v) is 6.68. The minimum absolute atomic E-state index is 0.0330. The van der Waals surface area contributed by atoms with E-state index in [4.69, 9.17) is 4.42 Å². The normalized spacial score (nSPS) is 23.1. The van der Waals surface area contributed by atoms with Crippen molar-refractivity contribution >= 4 is 40.3 Å². The molecule has 5 heteroatoms. The van der Waals surface area contributed by atoms with Crippen molar-refractivity contribution in [1.82, 2.24) is 0 Å². The molecule has 1 aromatic carbocycles. The number of ketones is 1. The molecule has 0 aliphatic carbocycles. The summed E-state index contributed by atoms with van der Waals surface area (Å²) in [6, 6.07) is 5.98. The molecule has 1 saturated heterocycles. The highest BCUT2D eigenvalue weighted by Crippen LogP contribution is 2.36. The molecule has 0 radical (unpaired) electrons. The highest BCUT2D eigenvalue weighted by molar-refractivity contribution is 8.07. The lowest BCUT2D eigenvalue weighted by molar-refractivity contribution is 0.0963. The highest BCUT2D eigenvalue weighted by Gasteiger charge is 2.33. The van der Waals surface area contributed by atoms with Gasteiger partial charge in [-0.05, 0) is 30.7 Å². The Balaban J connectivity index is 1.91. The van der Waals surface area contributed by atoms with E-state index in [0.29, 0.717) is 22.0 Å². The first-order valence-electron chi connectivity index (χ1n) is 6.65. The summed E-state index contributed by atoms with van der Waals surface area (Å²) >= 11 is 3.57. The van der Waals surface area contributed by atoms with Crippen molar-refractivity contribution in [3.8, 4) is 0 Å². The van der Waals surface area contributed by atoms with Crippen molar-refractivity contribution in [3.63, 3.8) is 0 Å². The fourth-order valence-corrected chi connectivity index (χ4v) is 5.43. The summed E-state index contributed by atoms with van der Waals surface area (Å²) < 4.78 is 18.8. The predicted octanol–water partition coefficient (Wildman–Crippen LogP) is 4.38. The molecule has 1 aliphatic rings. The second-order valence-corrected chi connectivity index (χ2v) is 7.36. The van der Waals surface area contributed by atoms with Gasteiger partial charge in [0.1, 0.15) is 11.4 Å². The Labute approximate surface area is 125 Å². The van der Waals surface area contributed by atoms with Crippen LogP contribution in [0, 0.1) is 5.82 Å². The topological polar surface area (TPSA) is 30.2 Å². The molecule has 106 valence electrons. The van der Waals surface area contributed by atoms with Crippen molar-refractivity contribution in [2.75, 3.05) is 11.5 Å². The number of furan rings is 1. The number of fused-ring (bicyclic) bond motifs is 1. The summed E-state index contributed by atoms with van der Waals surface area (Å²) in [6.07, 6.45) is 0.975. The maximum Gasteiger partial charge on any atom is 0.212 e. The minimum atomic E-state index is -0.314. The summed E-state index contributed by atoms with van der Waals surface area (Å²) in [5, 5.41) is 0.935. The van der Waals surface area contributed by atoms with Crippen LogP contribution in [0.3, 0.4) is 0 Å². The number of rotatable bonds is 3. The molecule has 0 saturated carbocycles. The van der Waals surface area contributed by atoms with Gasteiger partial charge in [-0.1, -0.05) is 6.92 Å². The Hall–Kier alpha value is -0.940. The summed E-state index contributed by atoms with van der Waals surface area (Å²) in [7, 11) is 0. The molecular weight excluding hydrogens is 295 g/mol. The Morgan fingerprint density at radius 2 is 2.15 bits per heavy atom. The van der Waals surface area contributed by atoms with Crippen molar-refractivity contribution in [1.29, 1.82) is 0 Å². The van der Waals surface area contributed by atoms with E-state index in [1.165, 1.54) is 12.1 Å². The Kier molecular flexibility index (Phi) is 4.08. The summed E-state index contributed by atoms with van der Waals surface area (Å²) in [5.41, 5.74) is 0.566. The van der Waals surface area contributed by atoms with Crippen LogP contribution in [0.1, 0.15) is 23.9 Å². The SMILES string of the molecule is CCC1SCCSC1C(=O)c1cc2cc(F)ccc2o1. The number of Topliss-reactive ketones (excluding diaryl/α,β-unsaturated/α-hetero) is 1. The predicted molar refractivity (Wildman–Crippen MR) is 83.3 cm³/mol. The molecular formula is C15H15FO2S2. The van der Waals surface area contributed by atoms with E-state index >= 15 is 0 Å². The molecule has 2 nitrogen and oxygen atoms in total. The van der Waals surface area contributed by atoms with Crippen LogP contribution >= 0.6 is 23.5 Å². The number of hydrogen-bond acceptors (Lipinski definition) is 4. The average molecular weight is 310 g/mol. The van der Waals surface area contributed by atoms with Crippen LogP contribution in [0.5, 0.6) is 0 Å². The Morgan fingerprint density at radius 3 is 2.95 bits per heavy atom. The van der Waals surface area contributed by atoms with Crippen LogP contribution in [0.15, 0.2) is 28.7 Å². The van der Waals surface area contributed by atoms with Crippen LogP contribution in [-0.4, -0.2) is 27.8 Å². The molecule has 1 fully saturated rings. The van der Waals surface area contributed by atoms with E-state index in [1.54, 1.807) is 23.9 Å². The van der Waals surface area contributed by atoms with Gasteiger partial charge in [0, 0.05) is 22.1 Å². The molecule has 2 unspecified atom stereocenters. The molecule has 2 atom stereocenters. The molecule has 0 amide bonds. The maximum atomic E-state index is 13.2. The zero-order valence-corrected chi connectivity index (χ0v) is 12.7. The quantitative estimate of drug-likeness (QED) is 0.787. The number of halogens is 1. The molecule has 0 N–H and O–H groups in total. The van der Waals surface area contributed by atoms with Gasteiger partial charge < -0.3 is 4.42 Å². The first-order chi connectivity index (χ1) is 9.69. The van der Waals surface area contributed by atoms with Gasteiger partial charge in [0.15, 0.2) is 5.76 Å². The lowest BCUT2D eigenvalue weighted by Crippen LogP contribution is -2.32. The first kappa shape index (κ1) is 14.0. The fourth-order valence-electron chi connectivity index (χ4n) is 2.42. The third-order valence-electron chi connectivity index (χ3n) is 3.43. The van der Waals surface area contributed by atoms with Gasteiger partial charge in [-0.3, -0.25) is 4.79 Å². The van der Waals surface area contributed by atoms with E-state index in [-0.39, 0.29) is 16.9 Å². The number of carbonyl (C=O) groups is 1. The zero-order valence-electron chi connectivity index (χ0n) is 11.1. The van der Waals surface area contributed by atoms with E-state index in [1.807, 2.05) is 11.8 Å². The van der Waals surface area contributed by atoms with Crippen LogP contribution in [0.4, 0.5) is 4.39 Å². The molecule has 20 heavy (non-hydrogen) atoms. The monoisotopic (exact) mass is 310 g/mol. The van der Waals surface area contributed by atoms with Gasteiger partial charge in [-0.2, -0.15) is 11.8 Å². The molecule has 0 bridgehead atoms. The minimum Gasteiger partial charge on any atom is -0.453 e. The summed E-state index contributed by atoms with van der Waals surface area (Å²) in [6.45, 7) is 2.11. The number of carbonyl (C=O) groups excluding carboxylic acids is 1. The fraction of sp³-hybridized carbons (Fsp3) is 0.400. The van der Waals surface area contributed by atoms with E-state index in [2.05, 4.69) is 6.92 Å². The standard InChI is InChI=1S/C15H15FO2S2/c1-2-13-15(20-6-5-19-13)14(17)12-8-9-7-10(16)3-4-11(9)18-12/h3-4,7-8,13,15H,2,5-6H2,1H3. The highest BCUT2D eigenvalue weighted by atomic mass is 32.2. The van der Waals surface area contributed by atoms with Crippen LogP contribution in [-0.2, 0) is 0 Å². The van der Waals surface area contributed by atoms with E-state index < -0.39 is 0 Å². The lowest BCUT2D eigenvalue weighted by atomic mass is 10.1. The third kappa shape index (κ3) is 2.61. The Morgan fingerprint density at radius 1 is 1.35 bits per heavy atom. The number of benzene rings is 1. The summed E-state index contributed by atoms with van der Waals surface area (Å²) in [5.74, 6) is 2.16. The molecule has 2 heterocycles. The van der Waals surface area contributed by atoms with E-state index in [9.17, 15) is 9.18 Å². The molecule has 3 rings (SSSR count). The number of hydrogen-bond donors (Lipinski definition) is 0. The van der Waals surface area contributed by atoms with Gasteiger partial charge >= 0.3 is 0 Å². The van der Waals surface area contributed by atoms with Crippen molar-refractivity contribution in [2.45, 2.75) is 23.8 Å². The second kappa shape index (κ2) is 5.82. The average Bonchev–Trinajstić information content (AvgIpc) is 2.89. The largest absolute Gasteiger partial charge is 0.453 e. The molecule has 0 spiro atoms. The first-order valence-corrected chi connectivity index (χ1v) is 8.75. The molecule has 2 aromatic rings.